The minimum atomic E-state index is -0.221. The van der Waals surface area contributed by atoms with Crippen molar-refractivity contribution >= 4 is 11.3 Å². The molecule has 0 fully saturated rings. The zero-order chi connectivity index (χ0) is 13.1. The molecule has 0 spiro atoms. The summed E-state index contributed by atoms with van der Waals surface area (Å²) in [6, 6.07) is 6.53. The van der Waals surface area contributed by atoms with Gasteiger partial charge in [0.2, 0.25) is 0 Å². The van der Waals surface area contributed by atoms with Crippen molar-refractivity contribution < 1.29 is 9.13 Å². The zero-order valence-corrected chi connectivity index (χ0v) is 11.3. The van der Waals surface area contributed by atoms with Crippen LogP contribution in [0.3, 0.4) is 0 Å². The van der Waals surface area contributed by atoms with Crippen LogP contribution in [0, 0.1) is 12.7 Å². The Kier molecular flexibility index (Phi) is 3.99. The molecule has 1 unspecified atom stereocenters. The first-order valence-corrected chi connectivity index (χ1v) is 6.61. The zero-order valence-electron chi connectivity index (χ0n) is 10.4. The molecular weight excluding hydrogens is 249 g/mol. The molecule has 0 aliphatic rings. The molecule has 2 N–H and O–H groups in total. The van der Waals surface area contributed by atoms with Crippen LogP contribution >= 0.6 is 11.3 Å². The third-order valence-corrected chi connectivity index (χ3v) is 3.99. The Hall–Kier alpha value is -1.39. The van der Waals surface area contributed by atoms with Gasteiger partial charge in [-0.1, -0.05) is 6.07 Å². The number of benzene rings is 1. The molecule has 2 nitrogen and oxygen atoms in total. The van der Waals surface area contributed by atoms with Gasteiger partial charge in [0.25, 0.3) is 0 Å². The van der Waals surface area contributed by atoms with Gasteiger partial charge < -0.3 is 10.5 Å². The summed E-state index contributed by atoms with van der Waals surface area (Å²) in [7, 11) is 1.63. The van der Waals surface area contributed by atoms with E-state index in [1.165, 1.54) is 6.07 Å². The Morgan fingerprint density at radius 2 is 2.17 bits per heavy atom. The lowest BCUT2D eigenvalue weighted by Gasteiger charge is -2.13. The number of halogens is 1. The van der Waals surface area contributed by atoms with Gasteiger partial charge >= 0.3 is 0 Å². The molecule has 2 rings (SSSR count). The van der Waals surface area contributed by atoms with Gasteiger partial charge in [0, 0.05) is 6.04 Å². The van der Waals surface area contributed by atoms with E-state index in [0.717, 1.165) is 21.8 Å². The second-order valence-electron chi connectivity index (χ2n) is 4.23. The minimum absolute atomic E-state index is 0.166. The normalized spacial score (nSPS) is 12.4. The lowest BCUT2D eigenvalue weighted by Crippen LogP contribution is -2.13. The van der Waals surface area contributed by atoms with Gasteiger partial charge in [0.15, 0.2) is 0 Å². The topological polar surface area (TPSA) is 35.2 Å². The molecule has 0 radical (unpaired) electrons. The standard InChI is InChI=1S/C14H16FNOS/c1-9-3-4-11(15)7-10(9)8-12(16)14-13(17-2)5-6-18-14/h3-7,12H,8,16H2,1-2H3. The minimum Gasteiger partial charge on any atom is -0.496 e. The Labute approximate surface area is 110 Å². The van der Waals surface area contributed by atoms with Crippen LogP contribution in [-0.4, -0.2) is 7.11 Å². The molecule has 0 saturated carbocycles. The van der Waals surface area contributed by atoms with Gasteiger partial charge in [0.1, 0.15) is 11.6 Å². The van der Waals surface area contributed by atoms with Crippen molar-refractivity contribution in [2.75, 3.05) is 7.11 Å². The molecule has 4 heteroatoms. The highest BCUT2D eigenvalue weighted by atomic mass is 32.1. The van der Waals surface area contributed by atoms with Gasteiger partial charge in [-0.05, 0) is 48.1 Å². The molecule has 0 bridgehead atoms. The van der Waals surface area contributed by atoms with E-state index in [9.17, 15) is 4.39 Å². The van der Waals surface area contributed by atoms with Crippen LogP contribution in [0.5, 0.6) is 5.75 Å². The predicted molar refractivity (Wildman–Crippen MR) is 72.6 cm³/mol. The summed E-state index contributed by atoms with van der Waals surface area (Å²) in [5, 5.41) is 1.95. The highest BCUT2D eigenvalue weighted by Crippen LogP contribution is 2.31. The maximum Gasteiger partial charge on any atom is 0.134 e. The van der Waals surface area contributed by atoms with Crippen LogP contribution in [-0.2, 0) is 6.42 Å². The average molecular weight is 265 g/mol. The average Bonchev–Trinajstić information content (AvgIpc) is 2.82. The summed E-state index contributed by atoms with van der Waals surface area (Å²) in [6.45, 7) is 1.97. The maximum absolute atomic E-state index is 13.2. The molecule has 0 amide bonds. The van der Waals surface area contributed by atoms with E-state index in [4.69, 9.17) is 10.5 Å². The number of rotatable bonds is 4. The van der Waals surface area contributed by atoms with Crippen LogP contribution in [0.4, 0.5) is 4.39 Å². The van der Waals surface area contributed by atoms with E-state index < -0.39 is 0 Å². The van der Waals surface area contributed by atoms with Crippen molar-refractivity contribution in [3.63, 3.8) is 0 Å². The van der Waals surface area contributed by atoms with Crippen molar-refractivity contribution in [2.45, 2.75) is 19.4 Å². The second kappa shape index (κ2) is 5.50. The van der Waals surface area contributed by atoms with Crippen LogP contribution < -0.4 is 10.5 Å². The predicted octanol–water partition coefficient (Wildman–Crippen LogP) is 3.45. The largest absolute Gasteiger partial charge is 0.496 e. The number of nitrogens with two attached hydrogens (primary N) is 1. The molecule has 18 heavy (non-hydrogen) atoms. The first-order valence-electron chi connectivity index (χ1n) is 5.74. The van der Waals surface area contributed by atoms with E-state index in [1.807, 2.05) is 18.4 Å². The molecule has 1 aromatic heterocycles. The lowest BCUT2D eigenvalue weighted by atomic mass is 10.0. The Bertz CT molecular complexity index is 538. The van der Waals surface area contributed by atoms with Gasteiger partial charge in [-0.3, -0.25) is 0 Å². The van der Waals surface area contributed by atoms with Gasteiger partial charge in [-0.25, -0.2) is 4.39 Å². The fourth-order valence-electron chi connectivity index (χ4n) is 1.94. The Balaban J connectivity index is 2.21. The van der Waals surface area contributed by atoms with Crippen LogP contribution in [0.25, 0.3) is 0 Å². The molecule has 0 saturated heterocycles. The number of ether oxygens (including phenoxy) is 1. The summed E-state index contributed by atoms with van der Waals surface area (Å²) in [4.78, 5) is 1.00. The second-order valence-corrected chi connectivity index (χ2v) is 5.18. The molecule has 1 atom stereocenters. The molecule has 1 aromatic carbocycles. The van der Waals surface area contributed by atoms with E-state index in [2.05, 4.69) is 0 Å². The highest BCUT2D eigenvalue weighted by molar-refractivity contribution is 7.10. The fraction of sp³-hybridized carbons (Fsp3) is 0.286. The van der Waals surface area contributed by atoms with E-state index in [-0.39, 0.29) is 11.9 Å². The Morgan fingerprint density at radius 1 is 1.39 bits per heavy atom. The SMILES string of the molecule is COc1ccsc1C(N)Cc1cc(F)ccc1C. The third-order valence-electron chi connectivity index (χ3n) is 2.96. The van der Waals surface area contributed by atoms with Crippen molar-refractivity contribution in [1.82, 2.24) is 0 Å². The van der Waals surface area contributed by atoms with Gasteiger partial charge in [-0.2, -0.15) is 0 Å². The smallest absolute Gasteiger partial charge is 0.134 e. The summed E-state index contributed by atoms with van der Waals surface area (Å²) in [6.07, 6.45) is 0.612. The van der Waals surface area contributed by atoms with Crippen molar-refractivity contribution in [1.29, 1.82) is 0 Å². The maximum atomic E-state index is 13.2. The number of hydrogen-bond donors (Lipinski definition) is 1. The van der Waals surface area contributed by atoms with Crippen LogP contribution in [0.15, 0.2) is 29.6 Å². The fourth-order valence-corrected chi connectivity index (χ4v) is 2.80. The summed E-state index contributed by atoms with van der Waals surface area (Å²) < 4.78 is 18.5. The van der Waals surface area contributed by atoms with Crippen LogP contribution in [0.2, 0.25) is 0 Å². The quantitative estimate of drug-likeness (QED) is 0.919. The Morgan fingerprint density at radius 3 is 2.89 bits per heavy atom. The summed E-state index contributed by atoms with van der Waals surface area (Å²) in [5.41, 5.74) is 8.18. The van der Waals surface area contributed by atoms with Crippen molar-refractivity contribution in [3.05, 3.63) is 51.5 Å². The van der Waals surface area contributed by atoms with E-state index in [1.54, 1.807) is 30.6 Å². The monoisotopic (exact) mass is 265 g/mol. The van der Waals surface area contributed by atoms with Crippen molar-refractivity contribution in [2.24, 2.45) is 5.73 Å². The van der Waals surface area contributed by atoms with Gasteiger partial charge in [-0.15, -0.1) is 11.3 Å². The number of hydrogen-bond acceptors (Lipinski definition) is 3. The molecular formula is C14H16FNOS. The molecule has 96 valence electrons. The number of methoxy groups -OCH3 is 1. The van der Waals surface area contributed by atoms with Gasteiger partial charge in [0.05, 0.1) is 12.0 Å². The van der Waals surface area contributed by atoms with Crippen molar-refractivity contribution in [3.8, 4) is 5.75 Å². The molecule has 0 aliphatic carbocycles. The molecule has 2 aromatic rings. The lowest BCUT2D eigenvalue weighted by molar-refractivity contribution is 0.409. The number of aryl methyl sites for hydroxylation is 1. The first-order chi connectivity index (χ1) is 8.61. The van der Waals surface area contributed by atoms with E-state index >= 15 is 0 Å². The number of thiophene rings is 1. The first kappa shape index (κ1) is 13.1. The summed E-state index contributed by atoms with van der Waals surface area (Å²) >= 11 is 1.57. The molecule has 0 aliphatic heterocycles. The van der Waals surface area contributed by atoms with Crippen LogP contribution in [0.1, 0.15) is 22.0 Å². The third kappa shape index (κ3) is 2.71. The van der Waals surface area contributed by atoms with E-state index in [0.29, 0.717) is 6.42 Å². The molecule has 1 heterocycles. The highest BCUT2D eigenvalue weighted by Gasteiger charge is 2.15. The summed E-state index contributed by atoms with van der Waals surface area (Å²) in [5.74, 6) is 0.586.